The van der Waals surface area contributed by atoms with Crippen molar-refractivity contribution in [2.24, 2.45) is 9.98 Å². The van der Waals surface area contributed by atoms with Crippen LogP contribution in [-0.4, -0.2) is 25.2 Å². The lowest BCUT2D eigenvalue weighted by atomic mass is 10.2. The summed E-state index contributed by atoms with van der Waals surface area (Å²) in [5, 5.41) is 0. The molecule has 0 heterocycles. The van der Waals surface area contributed by atoms with Crippen molar-refractivity contribution in [3.05, 3.63) is 12.2 Å². The SMILES string of the molecule is O=C=NCCCC=CCCCN=C=O. The summed E-state index contributed by atoms with van der Waals surface area (Å²) in [6, 6.07) is 0. The molecule has 0 aliphatic carbocycles. The summed E-state index contributed by atoms with van der Waals surface area (Å²) in [4.78, 5) is 26.2. The summed E-state index contributed by atoms with van der Waals surface area (Å²) < 4.78 is 0. The summed E-state index contributed by atoms with van der Waals surface area (Å²) in [7, 11) is 0. The van der Waals surface area contributed by atoms with Gasteiger partial charge < -0.3 is 0 Å². The number of nitrogens with zero attached hydrogens (tertiary/aromatic N) is 2. The first-order valence-corrected chi connectivity index (χ1v) is 4.64. The first kappa shape index (κ1) is 12.5. The lowest BCUT2D eigenvalue weighted by molar-refractivity contribution is 0.561. The lowest BCUT2D eigenvalue weighted by Crippen LogP contribution is -1.79. The normalized spacial score (nSPS) is 9.43. The fraction of sp³-hybridized carbons (Fsp3) is 0.600. The highest BCUT2D eigenvalue weighted by Gasteiger charge is 1.83. The van der Waals surface area contributed by atoms with Crippen molar-refractivity contribution >= 4 is 12.2 Å². The van der Waals surface area contributed by atoms with Crippen molar-refractivity contribution in [2.75, 3.05) is 13.1 Å². The van der Waals surface area contributed by atoms with Crippen molar-refractivity contribution in [1.82, 2.24) is 0 Å². The minimum atomic E-state index is 0.545. The van der Waals surface area contributed by atoms with Gasteiger partial charge in [0.2, 0.25) is 12.2 Å². The first-order valence-electron chi connectivity index (χ1n) is 4.64. The van der Waals surface area contributed by atoms with Crippen LogP contribution in [0.3, 0.4) is 0 Å². The zero-order chi connectivity index (χ0) is 10.5. The van der Waals surface area contributed by atoms with Gasteiger partial charge in [0.15, 0.2) is 0 Å². The van der Waals surface area contributed by atoms with Gasteiger partial charge in [-0.05, 0) is 25.7 Å². The molecule has 0 aliphatic rings. The van der Waals surface area contributed by atoms with E-state index in [1.165, 1.54) is 12.2 Å². The highest BCUT2D eigenvalue weighted by atomic mass is 16.1. The predicted octanol–water partition coefficient (Wildman–Crippen LogP) is 1.77. The van der Waals surface area contributed by atoms with Crippen LogP contribution in [0.25, 0.3) is 0 Å². The molecule has 4 nitrogen and oxygen atoms in total. The second-order valence-corrected chi connectivity index (χ2v) is 2.70. The van der Waals surface area contributed by atoms with Gasteiger partial charge in [-0.1, -0.05) is 12.2 Å². The Labute approximate surface area is 83.4 Å². The lowest BCUT2D eigenvalue weighted by Gasteiger charge is -1.89. The van der Waals surface area contributed by atoms with E-state index < -0.39 is 0 Å². The molecule has 0 unspecified atom stereocenters. The molecule has 0 bridgehead atoms. The van der Waals surface area contributed by atoms with Gasteiger partial charge in [0.25, 0.3) is 0 Å². The summed E-state index contributed by atoms with van der Waals surface area (Å²) in [6.45, 7) is 1.09. The Bertz CT molecular complexity index is 223. The third kappa shape index (κ3) is 10.5. The van der Waals surface area contributed by atoms with Crippen molar-refractivity contribution in [2.45, 2.75) is 25.7 Å². The molecule has 0 radical (unpaired) electrons. The van der Waals surface area contributed by atoms with Crippen LogP contribution < -0.4 is 0 Å². The largest absolute Gasteiger partial charge is 0.234 e. The molecular weight excluding hydrogens is 180 g/mol. The van der Waals surface area contributed by atoms with Crippen LogP contribution in [-0.2, 0) is 9.59 Å². The van der Waals surface area contributed by atoms with Gasteiger partial charge in [-0.15, -0.1) is 0 Å². The molecule has 76 valence electrons. The molecule has 0 aromatic carbocycles. The molecule has 0 saturated carbocycles. The molecule has 0 fully saturated rings. The van der Waals surface area contributed by atoms with Crippen molar-refractivity contribution in [1.29, 1.82) is 0 Å². The topological polar surface area (TPSA) is 58.9 Å². The molecule has 0 N–H and O–H groups in total. The number of isocyanates is 2. The van der Waals surface area contributed by atoms with Gasteiger partial charge in [-0.3, -0.25) is 0 Å². The highest BCUT2D eigenvalue weighted by Crippen LogP contribution is 1.96. The second-order valence-electron chi connectivity index (χ2n) is 2.70. The Kier molecular flexibility index (Phi) is 10.3. The molecule has 0 aromatic heterocycles. The zero-order valence-corrected chi connectivity index (χ0v) is 8.11. The Morgan fingerprint density at radius 1 is 0.857 bits per heavy atom. The van der Waals surface area contributed by atoms with Crippen molar-refractivity contribution in [3.63, 3.8) is 0 Å². The minimum Gasteiger partial charge on any atom is -0.211 e. The van der Waals surface area contributed by atoms with Crippen LogP contribution in [0.5, 0.6) is 0 Å². The number of rotatable bonds is 8. The minimum absolute atomic E-state index is 0.545. The van der Waals surface area contributed by atoms with E-state index in [1.54, 1.807) is 0 Å². The number of hydrogen-bond donors (Lipinski definition) is 0. The number of unbranched alkanes of at least 4 members (excludes halogenated alkanes) is 2. The van der Waals surface area contributed by atoms with Gasteiger partial charge >= 0.3 is 0 Å². The maximum atomic E-state index is 9.69. The molecule has 0 spiro atoms. The van der Waals surface area contributed by atoms with Crippen LogP contribution in [0.2, 0.25) is 0 Å². The molecular formula is C10H14N2O2. The third-order valence-electron chi connectivity index (χ3n) is 1.58. The van der Waals surface area contributed by atoms with Crippen LogP contribution in [0.4, 0.5) is 0 Å². The van der Waals surface area contributed by atoms with E-state index >= 15 is 0 Å². The number of carbonyl (C=O) groups excluding carboxylic acids is 2. The molecule has 14 heavy (non-hydrogen) atoms. The average Bonchev–Trinajstić information content (AvgIpc) is 2.21. The fourth-order valence-electron chi connectivity index (χ4n) is 0.903. The van der Waals surface area contributed by atoms with E-state index in [-0.39, 0.29) is 0 Å². The zero-order valence-electron chi connectivity index (χ0n) is 8.11. The maximum Gasteiger partial charge on any atom is 0.234 e. The van der Waals surface area contributed by atoms with Crippen molar-refractivity contribution in [3.8, 4) is 0 Å². The highest BCUT2D eigenvalue weighted by molar-refractivity contribution is 5.32. The van der Waals surface area contributed by atoms with Gasteiger partial charge in [0.05, 0.1) is 13.1 Å². The summed E-state index contributed by atoms with van der Waals surface area (Å²) in [5.74, 6) is 0. The smallest absolute Gasteiger partial charge is 0.211 e. The average molecular weight is 194 g/mol. The van der Waals surface area contributed by atoms with Crippen molar-refractivity contribution < 1.29 is 9.59 Å². The second kappa shape index (κ2) is 11.5. The number of hydrogen-bond acceptors (Lipinski definition) is 4. The Morgan fingerprint density at radius 2 is 1.29 bits per heavy atom. The molecule has 0 rings (SSSR count). The van der Waals surface area contributed by atoms with Crippen LogP contribution >= 0.6 is 0 Å². The molecule has 0 aromatic rings. The Morgan fingerprint density at radius 3 is 1.64 bits per heavy atom. The summed E-state index contributed by atoms with van der Waals surface area (Å²) >= 11 is 0. The molecule has 0 saturated heterocycles. The molecule has 0 amide bonds. The molecule has 0 aliphatic heterocycles. The van der Waals surface area contributed by atoms with E-state index in [2.05, 4.69) is 9.98 Å². The van der Waals surface area contributed by atoms with E-state index in [1.807, 2.05) is 12.2 Å². The monoisotopic (exact) mass is 194 g/mol. The van der Waals surface area contributed by atoms with Crippen LogP contribution in [0.1, 0.15) is 25.7 Å². The number of aliphatic imine (C=N–C) groups is 2. The van der Waals surface area contributed by atoms with E-state index in [0.29, 0.717) is 13.1 Å². The van der Waals surface area contributed by atoms with Crippen LogP contribution in [0, 0.1) is 0 Å². The van der Waals surface area contributed by atoms with Gasteiger partial charge in [-0.25, -0.2) is 19.6 Å². The van der Waals surface area contributed by atoms with E-state index in [4.69, 9.17) is 0 Å². The fourth-order valence-corrected chi connectivity index (χ4v) is 0.903. The predicted molar refractivity (Wildman–Crippen MR) is 53.6 cm³/mol. The standard InChI is InChI=1S/C10H14N2O2/c13-9-11-7-5-3-1-2-4-6-8-12-10-14/h1-2H,3-8H2. The quantitative estimate of drug-likeness (QED) is 0.256. The van der Waals surface area contributed by atoms with E-state index in [0.717, 1.165) is 25.7 Å². The first-order chi connectivity index (χ1) is 6.91. The van der Waals surface area contributed by atoms with Gasteiger partial charge in [0.1, 0.15) is 0 Å². The summed E-state index contributed by atoms with van der Waals surface area (Å²) in [6.07, 6.45) is 10.7. The maximum absolute atomic E-state index is 9.69. The molecule has 0 atom stereocenters. The Balaban J connectivity index is 3.18. The van der Waals surface area contributed by atoms with Crippen LogP contribution in [0.15, 0.2) is 22.1 Å². The molecule has 4 heteroatoms. The van der Waals surface area contributed by atoms with Gasteiger partial charge in [0, 0.05) is 0 Å². The van der Waals surface area contributed by atoms with E-state index in [9.17, 15) is 9.59 Å². The third-order valence-corrected chi connectivity index (χ3v) is 1.58. The summed E-state index contributed by atoms with van der Waals surface area (Å²) in [5.41, 5.74) is 0. The van der Waals surface area contributed by atoms with Gasteiger partial charge in [-0.2, -0.15) is 0 Å². The Hall–Kier alpha value is -1.50. The number of allylic oxidation sites excluding steroid dienone is 2.